The van der Waals surface area contributed by atoms with Crippen molar-refractivity contribution < 1.29 is 33.5 Å². The minimum atomic E-state index is -0.170. The zero-order valence-corrected chi connectivity index (χ0v) is 19.0. The van der Waals surface area contributed by atoms with Crippen LogP contribution in [0, 0.1) is 0 Å². The molecule has 0 saturated carbocycles. The molecule has 0 radical (unpaired) electrons. The maximum atomic E-state index is 8.94. The highest BCUT2D eigenvalue weighted by atomic mass is 16.6. The maximum absolute atomic E-state index is 8.94. The van der Waals surface area contributed by atoms with Crippen molar-refractivity contribution in [1.82, 2.24) is 0 Å². The maximum Gasteiger partial charge on any atom is 0.0781 e. The second-order valence-corrected chi connectivity index (χ2v) is 7.58. The largest absolute Gasteiger partial charge is 0.394 e. The SMILES string of the molecule is CCCOC(C)COC(C)COC(C)COC(C)COC(C)COC(C)CO. The van der Waals surface area contributed by atoms with E-state index < -0.39 is 0 Å². The van der Waals surface area contributed by atoms with E-state index in [2.05, 4.69) is 6.92 Å². The molecule has 0 heterocycles. The lowest BCUT2D eigenvalue weighted by molar-refractivity contribution is -0.103. The molecule has 0 saturated heterocycles. The number of ether oxygens (including phenoxy) is 6. The summed E-state index contributed by atoms with van der Waals surface area (Å²) in [6.07, 6.45) is 0.857. The van der Waals surface area contributed by atoms with Crippen molar-refractivity contribution in [3.8, 4) is 0 Å². The van der Waals surface area contributed by atoms with Crippen molar-refractivity contribution in [1.29, 1.82) is 0 Å². The first-order valence-corrected chi connectivity index (χ1v) is 10.6. The van der Waals surface area contributed by atoms with E-state index in [0.29, 0.717) is 33.0 Å². The lowest BCUT2D eigenvalue weighted by Crippen LogP contribution is -2.29. The van der Waals surface area contributed by atoms with Gasteiger partial charge in [-0.05, 0) is 48.0 Å². The molecule has 0 bridgehead atoms. The Balaban J connectivity index is 3.74. The van der Waals surface area contributed by atoms with Crippen molar-refractivity contribution in [2.45, 2.75) is 91.5 Å². The summed E-state index contributed by atoms with van der Waals surface area (Å²) >= 11 is 0. The van der Waals surface area contributed by atoms with E-state index in [1.165, 1.54) is 0 Å². The molecule has 0 fully saturated rings. The fourth-order valence-electron chi connectivity index (χ4n) is 2.11. The summed E-state index contributed by atoms with van der Waals surface area (Å²) in [5.41, 5.74) is 0. The summed E-state index contributed by atoms with van der Waals surface area (Å²) < 4.78 is 34.1. The second kappa shape index (κ2) is 17.6. The Morgan fingerprint density at radius 3 is 1.07 bits per heavy atom. The smallest absolute Gasteiger partial charge is 0.0781 e. The minimum Gasteiger partial charge on any atom is -0.394 e. The Hall–Kier alpha value is -0.280. The summed E-state index contributed by atoms with van der Waals surface area (Å²) in [7, 11) is 0. The highest BCUT2D eigenvalue weighted by molar-refractivity contribution is 4.58. The predicted octanol–water partition coefficient (Wildman–Crippen LogP) is 2.82. The van der Waals surface area contributed by atoms with Gasteiger partial charge in [-0.3, -0.25) is 0 Å². The molecule has 6 atom stereocenters. The lowest BCUT2D eigenvalue weighted by Gasteiger charge is -2.22. The minimum absolute atomic E-state index is 0.0121. The molecule has 0 aliphatic rings. The van der Waals surface area contributed by atoms with E-state index in [1.807, 2.05) is 41.5 Å². The molecule has 0 amide bonds. The standard InChI is InChI=1S/C21H44O7/c1-8-9-23-17(3)11-25-19(5)13-27-21(7)15-28-20(6)14-26-18(4)12-24-16(2)10-22/h16-22H,8-15H2,1-7H3. The number of hydrogen-bond acceptors (Lipinski definition) is 7. The molecule has 0 spiro atoms. The quantitative estimate of drug-likeness (QED) is 0.352. The van der Waals surface area contributed by atoms with Crippen LogP contribution in [-0.4, -0.2) is 88.0 Å². The van der Waals surface area contributed by atoms with E-state index in [1.54, 1.807) is 0 Å². The Morgan fingerprint density at radius 2 is 0.786 bits per heavy atom. The zero-order chi connectivity index (χ0) is 21.4. The number of aliphatic hydroxyl groups is 1. The molecular formula is C21H44O7. The summed E-state index contributed by atoms with van der Waals surface area (Å²) in [5, 5.41) is 8.94. The lowest BCUT2D eigenvalue weighted by atomic mass is 10.3. The van der Waals surface area contributed by atoms with Crippen molar-refractivity contribution in [3.63, 3.8) is 0 Å². The molecule has 0 aliphatic carbocycles. The monoisotopic (exact) mass is 408 g/mol. The van der Waals surface area contributed by atoms with Crippen LogP contribution in [0.15, 0.2) is 0 Å². The first-order chi connectivity index (χ1) is 13.3. The second-order valence-electron chi connectivity index (χ2n) is 7.58. The topological polar surface area (TPSA) is 75.6 Å². The molecule has 0 aromatic carbocycles. The number of hydrogen-bond donors (Lipinski definition) is 1. The fourth-order valence-corrected chi connectivity index (χ4v) is 2.11. The highest BCUT2D eigenvalue weighted by Crippen LogP contribution is 2.04. The van der Waals surface area contributed by atoms with Gasteiger partial charge < -0.3 is 33.5 Å². The van der Waals surface area contributed by atoms with Crippen LogP contribution in [0.2, 0.25) is 0 Å². The van der Waals surface area contributed by atoms with Gasteiger partial charge in [-0.2, -0.15) is 0 Å². The van der Waals surface area contributed by atoms with Crippen LogP contribution in [-0.2, 0) is 28.4 Å². The van der Waals surface area contributed by atoms with Crippen LogP contribution >= 0.6 is 0 Å². The van der Waals surface area contributed by atoms with Gasteiger partial charge in [-0.1, -0.05) is 6.92 Å². The molecule has 0 aromatic heterocycles. The first kappa shape index (κ1) is 27.7. The molecule has 7 heteroatoms. The van der Waals surface area contributed by atoms with Gasteiger partial charge in [0.15, 0.2) is 0 Å². The molecule has 170 valence electrons. The molecule has 0 aliphatic heterocycles. The Kier molecular flexibility index (Phi) is 17.4. The number of rotatable bonds is 19. The highest BCUT2D eigenvalue weighted by Gasteiger charge is 2.13. The summed E-state index contributed by atoms with van der Waals surface area (Å²) in [6.45, 7) is 17.1. The molecule has 28 heavy (non-hydrogen) atoms. The van der Waals surface area contributed by atoms with Crippen LogP contribution in [0.4, 0.5) is 0 Å². The summed E-state index contributed by atoms with van der Waals surface area (Å²) in [5.74, 6) is 0. The summed E-state index contributed by atoms with van der Waals surface area (Å²) in [6, 6.07) is 0. The molecule has 7 nitrogen and oxygen atoms in total. The first-order valence-electron chi connectivity index (χ1n) is 10.6. The Morgan fingerprint density at radius 1 is 0.500 bits per heavy atom. The van der Waals surface area contributed by atoms with Crippen molar-refractivity contribution in [2.75, 3.05) is 46.2 Å². The van der Waals surface area contributed by atoms with E-state index in [0.717, 1.165) is 13.0 Å². The molecule has 1 N–H and O–H groups in total. The van der Waals surface area contributed by atoms with Gasteiger partial charge in [0.2, 0.25) is 0 Å². The van der Waals surface area contributed by atoms with Crippen molar-refractivity contribution >= 4 is 0 Å². The average molecular weight is 409 g/mol. The van der Waals surface area contributed by atoms with Crippen LogP contribution in [0.25, 0.3) is 0 Å². The van der Waals surface area contributed by atoms with Crippen LogP contribution in [0.1, 0.15) is 54.9 Å². The van der Waals surface area contributed by atoms with Crippen LogP contribution in [0.5, 0.6) is 0 Å². The van der Waals surface area contributed by atoms with E-state index in [-0.39, 0.29) is 43.2 Å². The third-order valence-electron chi connectivity index (χ3n) is 3.94. The van der Waals surface area contributed by atoms with Gasteiger partial charge in [0.05, 0.1) is 76.3 Å². The van der Waals surface area contributed by atoms with Gasteiger partial charge in [-0.15, -0.1) is 0 Å². The number of aliphatic hydroxyl groups excluding tert-OH is 1. The van der Waals surface area contributed by atoms with Crippen LogP contribution < -0.4 is 0 Å². The van der Waals surface area contributed by atoms with Crippen molar-refractivity contribution in [2.24, 2.45) is 0 Å². The Bertz CT molecular complexity index is 343. The normalized spacial score (nSPS) is 18.4. The van der Waals surface area contributed by atoms with E-state index in [4.69, 9.17) is 33.5 Å². The van der Waals surface area contributed by atoms with Gasteiger partial charge in [0, 0.05) is 6.61 Å². The summed E-state index contributed by atoms with van der Waals surface area (Å²) in [4.78, 5) is 0. The van der Waals surface area contributed by atoms with Gasteiger partial charge in [0.1, 0.15) is 0 Å². The predicted molar refractivity (Wildman–Crippen MR) is 110 cm³/mol. The average Bonchev–Trinajstić information content (AvgIpc) is 2.69. The van der Waals surface area contributed by atoms with Crippen LogP contribution in [0.3, 0.4) is 0 Å². The van der Waals surface area contributed by atoms with E-state index >= 15 is 0 Å². The van der Waals surface area contributed by atoms with E-state index in [9.17, 15) is 0 Å². The Labute approximate surface area is 172 Å². The molecular weight excluding hydrogens is 364 g/mol. The fraction of sp³-hybridized carbons (Fsp3) is 1.00. The van der Waals surface area contributed by atoms with Gasteiger partial charge >= 0.3 is 0 Å². The zero-order valence-electron chi connectivity index (χ0n) is 19.0. The van der Waals surface area contributed by atoms with Crippen molar-refractivity contribution in [3.05, 3.63) is 0 Å². The van der Waals surface area contributed by atoms with Gasteiger partial charge in [-0.25, -0.2) is 0 Å². The molecule has 0 aromatic rings. The third-order valence-corrected chi connectivity index (χ3v) is 3.94. The third kappa shape index (κ3) is 16.7. The van der Waals surface area contributed by atoms with Gasteiger partial charge in [0.25, 0.3) is 0 Å². The molecule has 0 rings (SSSR count). The molecule has 6 unspecified atom stereocenters.